The fraction of sp³-hybridized carbons (Fsp3) is 0.141. The van der Waals surface area contributed by atoms with Crippen molar-refractivity contribution in [2.45, 2.75) is 78.0 Å². The molecule has 3 aliphatic heterocycles. The number of pyridine rings is 3. The first-order valence-corrected chi connectivity index (χ1v) is 32.1. The Kier molecular flexibility index (Phi) is 10.0. The normalized spacial score (nSPS) is 15.5. The summed E-state index contributed by atoms with van der Waals surface area (Å²) in [5.41, 5.74) is 19.6. The largest absolute Gasteiger partial charge is 0.434 e. The lowest BCUT2D eigenvalue weighted by Crippen LogP contribution is -2.42. The molecule has 0 saturated heterocycles. The Balaban J connectivity index is 0.0000000953. The van der Waals surface area contributed by atoms with Gasteiger partial charge < -0.3 is 14.2 Å². The minimum absolute atomic E-state index is 0.0654. The van der Waals surface area contributed by atoms with Gasteiger partial charge in [-0.1, -0.05) is 181 Å². The van der Waals surface area contributed by atoms with Crippen LogP contribution in [0, 0.1) is 0 Å². The maximum atomic E-state index is 6.60. The van der Waals surface area contributed by atoms with Crippen LogP contribution in [-0.4, -0.2) is 0 Å². The van der Waals surface area contributed by atoms with E-state index in [2.05, 4.69) is 286 Å². The summed E-state index contributed by atoms with van der Waals surface area (Å²) in [6.07, 6.45) is 0. The maximum absolute atomic E-state index is 6.60. The van der Waals surface area contributed by atoms with Gasteiger partial charge in [0.05, 0.1) is 16.7 Å². The molecule has 6 heteroatoms. The highest BCUT2D eigenvalue weighted by molar-refractivity contribution is 6.16. The number of hydrogen-bond acceptors (Lipinski definition) is 3. The molecule has 0 radical (unpaired) electrons. The molecule has 6 aliphatic rings. The number of fused-ring (bicyclic) bond motifs is 19. The van der Waals surface area contributed by atoms with Crippen molar-refractivity contribution in [2.24, 2.45) is 0 Å². The molecule has 6 nitrogen and oxygen atoms in total. The van der Waals surface area contributed by atoms with Crippen LogP contribution in [-0.2, 0) is 36.4 Å². The second-order valence-corrected chi connectivity index (χ2v) is 27.6. The van der Waals surface area contributed by atoms with Gasteiger partial charge in [0.1, 0.15) is 17.2 Å². The van der Waals surface area contributed by atoms with Crippen molar-refractivity contribution >= 4 is 108 Å². The highest BCUT2D eigenvalue weighted by Gasteiger charge is 2.50. The minimum Gasteiger partial charge on any atom is -0.434 e. The smallest absolute Gasteiger partial charge is 0.293 e. The first-order chi connectivity index (χ1) is 44.4. The Morgan fingerprint density at radius 1 is 0.242 bits per heavy atom. The van der Waals surface area contributed by atoms with Gasteiger partial charge in [-0.3, -0.25) is 0 Å². The average molecular weight is 1170 g/mol. The highest BCUT2D eigenvalue weighted by Crippen LogP contribution is 2.59. The lowest BCUT2D eigenvalue weighted by molar-refractivity contribution is -0.693. The molecule has 16 aromatic rings. The van der Waals surface area contributed by atoms with E-state index in [-0.39, 0.29) is 16.2 Å². The van der Waals surface area contributed by atoms with E-state index in [4.69, 9.17) is 14.2 Å². The monoisotopic (exact) mass is 1170 g/mol. The number of nitrogens with zero attached hydrogens (tertiary/aromatic N) is 3. The van der Waals surface area contributed by atoms with E-state index in [1.54, 1.807) is 0 Å². The summed E-state index contributed by atoms with van der Waals surface area (Å²) in [5.74, 6) is 3.14. The quantitative estimate of drug-likeness (QED) is 0.0863. The van der Waals surface area contributed by atoms with E-state index in [1.165, 1.54) is 175 Å². The predicted molar refractivity (Wildman–Crippen MR) is 370 cm³/mol. The SMILES string of the molecule is CC1(C)c2cc3c(ccc4ccccc43)c3c2-c2c1cc1cc4ccccc4cc1[n+]2CO3.CC1(C)c2cc3c(ccc4ccccc43)c3c2-c2c1cc1ccccc1[n+]2CO3.CC1(C)c2cc3c(ccc4ccccc43)c3c2-c2c1cc1ccccc1[n+]2CO3. The fourth-order valence-electron chi connectivity index (χ4n) is 17.2. The lowest BCUT2D eigenvalue weighted by Gasteiger charge is -2.21. The minimum atomic E-state index is -0.0974. The summed E-state index contributed by atoms with van der Waals surface area (Å²) in [4.78, 5) is 0. The number of rotatable bonds is 0. The molecule has 3 aliphatic carbocycles. The summed E-state index contributed by atoms with van der Waals surface area (Å²) in [6, 6.07) is 84.3. The van der Waals surface area contributed by atoms with E-state index in [1.807, 2.05) is 0 Å². The van der Waals surface area contributed by atoms with Crippen LogP contribution in [0.5, 0.6) is 17.2 Å². The Morgan fingerprint density at radius 3 is 0.934 bits per heavy atom. The standard InChI is InChI=1S/C31H22NO.2C27H20NO/c1-31(2)25-16-24-22-10-6-5-7-18(22)11-12-23(24)30-28(25)29-26(31)14-21-13-19-8-3-4-9-20(19)15-27(21)32(29)17-33-30;2*1-27(2)21-14-20-18-9-5-3-7-16(18)11-12-19(20)26-24(21)25-22(27)13-17-8-4-6-10-23(17)28(25)15-29-26/h3-16H,17H2,1-2H3;2*3-14H,15H2,1-2H3/q3*+1. The molecule has 6 heterocycles. The van der Waals surface area contributed by atoms with E-state index in [0.717, 1.165) is 17.2 Å². The molecular weight excluding hydrogens is 1110 g/mol. The van der Waals surface area contributed by atoms with E-state index in [9.17, 15) is 0 Å². The summed E-state index contributed by atoms with van der Waals surface area (Å²) in [7, 11) is 0. The zero-order valence-electron chi connectivity index (χ0n) is 51.6. The van der Waals surface area contributed by atoms with Gasteiger partial charge in [0.15, 0.2) is 0 Å². The maximum Gasteiger partial charge on any atom is 0.293 e. The summed E-state index contributed by atoms with van der Waals surface area (Å²) in [6.45, 7) is 15.8. The first-order valence-electron chi connectivity index (χ1n) is 32.1. The molecule has 0 spiro atoms. The van der Waals surface area contributed by atoms with E-state index < -0.39 is 0 Å². The Labute approximate surface area is 526 Å². The summed E-state index contributed by atoms with van der Waals surface area (Å²) < 4.78 is 26.7. The fourth-order valence-corrected chi connectivity index (χ4v) is 17.2. The topological polar surface area (TPSA) is 39.3 Å². The van der Waals surface area contributed by atoms with Crippen molar-refractivity contribution in [3.63, 3.8) is 0 Å². The zero-order chi connectivity index (χ0) is 60.6. The van der Waals surface area contributed by atoms with Gasteiger partial charge in [-0.25, -0.2) is 0 Å². The first kappa shape index (κ1) is 51.2. The van der Waals surface area contributed by atoms with Gasteiger partial charge in [0.25, 0.3) is 20.2 Å². The average Bonchev–Trinajstić information content (AvgIpc) is 1.57. The molecule has 3 aromatic heterocycles. The number of benzene rings is 13. The van der Waals surface area contributed by atoms with Crippen LogP contribution in [0.2, 0.25) is 0 Å². The van der Waals surface area contributed by atoms with Gasteiger partial charge in [-0.05, 0) is 149 Å². The van der Waals surface area contributed by atoms with Gasteiger partial charge in [-0.2, -0.15) is 13.7 Å². The molecule has 432 valence electrons. The molecule has 0 atom stereocenters. The highest BCUT2D eigenvalue weighted by atomic mass is 16.5. The van der Waals surface area contributed by atoms with Crippen molar-refractivity contribution in [1.82, 2.24) is 0 Å². The van der Waals surface area contributed by atoms with Gasteiger partial charge >= 0.3 is 0 Å². The van der Waals surface area contributed by atoms with Crippen LogP contribution < -0.4 is 27.9 Å². The number of ether oxygens (including phenoxy) is 3. The number of para-hydroxylation sites is 2. The molecule has 0 fully saturated rings. The third kappa shape index (κ3) is 6.73. The van der Waals surface area contributed by atoms with Crippen LogP contribution in [0.15, 0.2) is 231 Å². The third-order valence-electron chi connectivity index (χ3n) is 21.9. The van der Waals surface area contributed by atoms with Gasteiger partial charge in [-0.15, -0.1) is 0 Å². The molecule has 0 saturated carbocycles. The van der Waals surface area contributed by atoms with Crippen molar-refractivity contribution in [1.29, 1.82) is 0 Å². The number of hydrogen-bond donors (Lipinski definition) is 0. The third-order valence-corrected chi connectivity index (χ3v) is 21.9. The van der Waals surface area contributed by atoms with Crippen LogP contribution in [0.25, 0.3) is 142 Å². The van der Waals surface area contributed by atoms with Gasteiger partial charge in [0.2, 0.25) is 33.6 Å². The van der Waals surface area contributed by atoms with E-state index in [0.29, 0.717) is 20.2 Å². The van der Waals surface area contributed by atoms with Crippen LogP contribution in [0.1, 0.15) is 74.9 Å². The molecule has 0 N–H and O–H groups in total. The molecule has 22 rings (SSSR count). The summed E-state index contributed by atoms with van der Waals surface area (Å²) in [5, 5.41) is 21.6. The van der Waals surface area contributed by atoms with E-state index >= 15 is 0 Å². The predicted octanol–water partition coefficient (Wildman–Crippen LogP) is 19.4. The lowest BCUT2D eigenvalue weighted by atomic mass is 9.81. The molecular formula is C85H62N3O3+3. The zero-order valence-corrected chi connectivity index (χ0v) is 51.6. The van der Waals surface area contributed by atoms with Crippen molar-refractivity contribution < 1.29 is 27.9 Å². The second-order valence-electron chi connectivity index (χ2n) is 27.6. The van der Waals surface area contributed by atoms with Crippen molar-refractivity contribution in [2.75, 3.05) is 0 Å². The molecule has 0 bridgehead atoms. The van der Waals surface area contributed by atoms with Crippen molar-refractivity contribution in [3.05, 3.63) is 264 Å². The van der Waals surface area contributed by atoms with Crippen molar-refractivity contribution in [3.8, 4) is 51.0 Å². The van der Waals surface area contributed by atoms with Crippen LogP contribution in [0.3, 0.4) is 0 Å². The van der Waals surface area contributed by atoms with Crippen LogP contribution in [0.4, 0.5) is 0 Å². The summed E-state index contributed by atoms with van der Waals surface area (Å²) >= 11 is 0. The molecule has 91 heavy (non-hydrogen) atoms. The molecule has 0 unspecified atom stereocenters. The Morgan fingerprint density at radius 2 is 0.549 bits per heavy atom. The number of aromatic nitrogens is 3. The Bertz CT molecular complexity index is 5820. The second kappa shape index (κ2) is 17.8. The van der Waals surface area contributed by atoms with Crippen LogP contribution >= 0.6 is 0 Å². The van der Waals surface area contributed by atoms with Gasteiger partial charge in [0, 0.05) is 83.5 Å². The molecule has 13 aromatic carbocycles. The Hall–Kier alpha value is -10.7. The molecule has 0 amide bonds.